The molecule has 0 aliphatic rings. The molecule has 5 N–H and O–H groups in total. The number of aliphatic hydroxyl groups is 5. The van der Waals surface area contributed by atoms with Gasteiger partial charge in [-0.25, -0.2) is 0 Å². The van der Waals surface area contributed by atoms with Crippen molar-refractivity contribution in [3.8, 4) is 0 Å². The minimum atomic E-state index is -1.72. The van der Waals surface area contributed by atoms with E-state index in [2.05, 4.69) is 0 Å². The Morgan fingerprint density at radius 3 is 1.26 bits per heavy atom. The van der Waals surface area contributed by atoms with Crippen LogP contribution in [0.25, 0.3) is 0 Å². The first-order valence-corrected chi connectivity index (χ1v) is 16.2. The van der Waals surface area contributed by atoms with E-state index < -0.39 is 43.6 Å². The maximum Gasteiger partial charge on any atom is 0.305 e. The minimum absolute atomic E-state index is 0.249. The lowest BCUT2D eigenvalue weighted by atomic mass is 10.0. The van der Waals surface area contributed by atoms with Gasteiger partial charge in [-0.3, -0.25) is 4.79 Å². The SMILES string of the molecule is [2H]CCCCCCCCCCCCCCCCCCCCCCCCCC(=O)OC[C@@H](O)[C@@H](O)[C@H](O)[C@@H](O)CO. The Morgan fingerprint density at radius 1 is 0.564 bits per heavy atom. The van der Waals surface area contributed by atoms with Crippen molar-refractivity contribution in [1.82, 2.24) is 0 Å². The van der Waals surface area contributed by atoms with E-state index in [4.69, 9.17) is 11.2 Å². The van der Waals surface area contributed by atoms with Gasteiger partial charge in [-0.2, -0.15) is 0 Å². The van der Waals surface area contributed by atoms with Crippen molar-refractivity contribution in [2.75, 3.05) is 13.2 Å². The van der Waals surface area contributed by atoms with E-state index in [1.807, 2.05) is 0 Å². The molecule has 39 heavy (non-hydrogen) atoms. The van der Waals surface area contributed by atoms with Crippen LogP contribution in [-0.4, -0.2) is 69.1 Å². The van der Waals surface area contributed by atoms with Gasteiger partial charge >= 0.3 is 5.97 Å². The summed E-state index contributed by atoms with van der Waals surface area (Å²) in [6.07, 6.45) is 23.1. The molecule has 7 nitrogen and oxygen atoms in total. The fraction of sp³-hybridized carbons (Fsp3) is 0.969. The highest BCUT2D eigenvalue weighted by atomic mass is 16.5. The van der Waals surface area contributed by atoms with Crippen LogP contribution in [0.3, 0.4) is 0 Å². The summed E-state index contributed by atoms with van der Waals surface area (Å²) in [6.45, 7) is -0.622. The number of unbranched alkanes of at least 4 members (excludes halogenated alkanes) is 22. The standard InChI is InChI=1S/C32H64O7/c1-2-3-4-5-6-7-8-9-10-11-12-13-14-15-16-17-18-19-20-21-22-23-24-25-30(36)39-27-29(35)32(38)31(37)28(34)26-33/h28-29,31-35,37-38H,2-27H2,1H3/t28-,29+,31+,32+/m0/s1/i1D. The van der Waals surface area contributed by atoms with Gasteiger partial charge in [0.2, 0.25) is 0 Å². The molecule has 0 radical (unpaired) electrons. The van der Waals surface area contributed by atoms with E-state index in [1.165, 1.54) is 122 Å². The highest BCUT2D eigenvalue weighted by molar-refractivity contribution is 5.69. The lowest BCUT2D eigenvalue weighted by Crippen LogP contribution is -2.47. The quantitative estimate of drug-likeness (QED) is 0.0511. The molecular weight excluding hydrogens is 496 g/mol. The average Bonchev–Trinajstić information content (AvgIpc) is 2.96. The zero-order valence-electron chi connectivity index (χ0n) is 26.0. The van der Waals surface area contributed by atoms with Gasteiger partial charge in [-0.05, 0) is 6.42 Å². The second-order valence-electron chi connectivity index (χ2n) is 11.4. The monoisotopic (exact) mass is 561 g/mol. The molecule has 0 aliphatic carbocycles. The molecule has 4 atom stereocenters. The van der Waals surface area contributed by atoms with Crippen LogP contribution < -0.4 is 0 Å². The summed E-state index contributed by atoms with van der Waals surface area (Å²) in [6, 6.07) is 0. The third-order valence-corrected chi connectivity index (χ3v) is 7.62. The van der Waals surface area contributed by atoms with E-state index >= 15 is 0 Å². The van der Waals surface area contributed by atoms with Crippen LogP contribution in [0.2, 0.25) is 0 Å². The van der Waals surface area contributed by atoms with Crippen LogP contribution in [0.1, 0.15) is 162 Å². The van der Waals surface area contributed by atoms with Crippen molar-refractivity contribution >= 4 is 5.97 Å². The van der Waals surface area contributed by atoms with Crippen LogP contribution in [0.15, 0.2) is 0 Å². The van der Waals surface area contributed by atoms with E-state index in [1.54, 1.807) is 0 Å². The molecule has 0 amide bonds. The predicted molar refractivity (Wildman–Crippen MR) is 159 cm³/mol. The first-order chi connectivity index (χ1) is 19.4. The summed E-state index contributed by atoms with van der Waals surface area (Å²) in [4.78, 5) is 11.8. The van der Waals surface area contributed by atoms with Crippen LogP contribution >= 0.6 is 0 Å². The Hall–Kier alpha value is -0.730. The summed E-state index contributed by atoms with van der Waals surface area (Å²) in [5.41, 5.74) is 0. The van der Waals surface area contributed by atoms with Crippen molar-refractivity contribution in [1.29, 1.82) is 0 Å². The molecule has 7 heteroatoms. The molecule has 0 aliphatic heterocycles. The first-order valence-electron chi connectivity index (χ1n) is 16.9. The molecule has 0 spiro atoms. The number of aliphatic hydroxyl groups excluding tert-OH is 5. The van der Waals surface area contributed by atoms with Gasteiger partial charge in [-0.1, -0.05) is 148 Å². The Morgan fingerprint density at radius 2 is 0.897 bits per heavy atom. The maximum atomic E-state index is 11.8. The number of carbonyl (C=O) groups excluding carboxylic acids is 1. The van der Waals surface area contributed by atoms with Gasteiger partial charge in [0.25, 0.3) is 0 Å². The molecule has 0 aromatic rings. The first kappa shape index (κ1) is 36.3. The van der Waals surface area contributed by atoms with Crippen molar-refractivity contribution in [3.63, 3.8) is 0 Å². The Bertz CT molecular complexity index is 537. The average molecular weight is 562 g/mol. The zero-order chi connectivity index (χ0) is 29.7. The Balaban J connectivity index is 3.31. The van der Waals surface area contributed by atoms with E-state index in [0.717, 1.165) is 25.7 Å². The normalized spacial score (nSPS) is 15.1. The maximum absolute atomic E-state index is 11.8. The summed E-state index contributed by atoms with van der Waals surface area (Å²) in [7, 11) is 0. The van der Waals surface area contributed by atoms with Gasteiger partial charge in [-0.15, -0.1) is 0 Å². The van der Waals surface area contributed by atoms with Gasteiger partial charge < -0.3 is 30.3 Å². The topological polar surface area (TPSA) is 127 Å². The smallest absolute Gasteiger partial charge is 0.305 e. The summed E-state index contributed by atoms with van der Waals surface area (Å²) >= 11 is 0. The van der Waals surface area contributed by atoms with Crippen molar-refractivity contribution < 1.29 is 36.4 Å². The van der Waals surface area contributed by atoms with Crippen molar-refractivity contribution in [3.05, 3.63) is 0 Å². The Kier molecular flexibility index (Phi) is 26.8. The molecule has 0 bridgehead atoms. The lowest BCUT2D eigenvalue weighted by molar-refractivity contribution is -0.156. The summed E-state index contributed by atoms with van der Waals surface area (Å²) in [5, 5.41) is 47.1. The molecular formula is C32H64O7. The fourth-order valence-corrected chi connectivity index (χ4v) is 4.89. The van der Waals surface area contributed by atoms with Gasteiger partial charge in [0.15, 0.2) is 0 Å². The van der Waals surface area contributed by atoms with Gasteiger partial charge in [0.05, 0.1) is 6.61 Å². The number of hydrogen-bond acceptors (Lipinski definition) is 7. The van der Waals surface area contributed by atoms with E-state index in [-0.39, 0.29) is 6.42 Å². The number of esters is 1. The van der Waals surface area contributed by atoms with Crippen molar-refractivity contribution in [2.24, 2.45) is 0 Å². The fourth-order valence-electron chi connectivity index (χ4n) is 4.89. The number of carbonyl (C=O) groups is 1. The van der Waals surface area contributed by atoms with E-state index in [0.29, 0.717) is 6.90 Å². The molecule has 0 fully saturated rings. The summed E-state index contributed by atoms with van der Waals surface area (Å²) < 4.78 is 12.1. The molecule has 0 heterocycles. The van der Waals surface area contributed by atoms with Crippen molar-refractivity contribution in [2.45, 2.75) is 185 Å². The van der Waals surface area contributed by atoms with Crippen LogP contribution in [0.4, 0.5) is 0 Å². The molecule has 0 aromatic heterocycles. The highest BCUT2D eigenvalue weighted by Crippen LogP contribution is 2.16. The molecule has 0 saturated carbocycles. The highest BCUT2D eigenvalue weighted by Gasteiger charge is 2.30. The molecule has 0 saturated heterocycles. The second-order valence-corrected chi connectivity index (χ2v) is 11.4. The minimum Gasteiger partial charge on any atom is -0.463 e. The predicted octanol–water partition coefficient (Wildman–Crippen LogP) is 6.35. The number of hydrogen-bond donors (Lipinski definition) is 5. The number of ether oxygens (including phenoxy) is 1. The molecule has 0 aromatic carbocycles. The van der Waals surface area contributed by atoms with Crippen LogP contribution in [0.5, 0.6) is 0 Å². The molecule has 0 unspecified atom stereocenters. The van der Waals surface area contributed by atoms with E-state index in [9.17, 15) is 25.2 Å². The summed E-state index contributed by atoms with van der Waals surface area (Å²) in [5.74, 6) is -0.460. The second kappa shape index (κ2) is 28.8. The Labute approximate surface area is 241 Å². The largest absolute Gasteiger partial charge is 0.463 e. The third kappa shape index (κ3) is 24.8. The van der Waals surface area contributed by atoms with Gasteiger partial charge in [0, 0.05) is 7.79 Å². The van der Waals surface area contributed by atoms with Crippen LogP contribution in [-0.2, 0) is 9.53 Å². The molecule has 234 valence electrons. The van der Waals surface area contributed by atoms with Crippen LogP contribution in [0, 0.1) is 0 Å². The molecule has 0 rings (SSSR count). The number of rotatable bonds is 30. The van der Waals surface area contributed by atoms with Gasteiger partial charge in [0.1, 0.15) is 31.0 Å². The lowest BCUT2D eigenvalue weighted by Gasteiger charge is -2.25. The zero-order valence-corrected chi connectivity index (χ0v) is 25.0. The third-order valence-electron chi connectivity index (χ3n) is 7.62.